The van der Waals surface area contributed by atoms with Crippen LogP contribution in [0.15, 0.2) is 30.3 Å². The second-order valence-electron chi connectivity index (χ2n) is 8.19. The summed E-state index contributed by atoms with van der Waals surface area (Å²) >= 11 is 0. The van der Waals surface area contributed by atoms with Crippen LogP contribution in [-0.4, -0.2) is 65.3 Å². The lowest BCUT2D eigenvalue weighted by molar-refractivity contribution is -0.164. The van der Waals surface area contributed by atoms with Gasteiger partial charge in [-0.3, -0.25) is 0 Å². The first kappa shape index (κ1) is 25.3. The van der Waals surface area contributed by atoms with E-state index in [-0.39, 0.29) is 25.8 Å². The van der Waals surface area contributed by atoms with Gasteiger partial charge in [-0.2, -0.15) is 0 Å². The van der Waals surface area contributed by atoms with Crippen LogP contribution in [0, 0.1) is 0 Å². The van der Waals surface area contributed by atoms with E-state index >= 15 is 0 Å². The summed E-state index contributed by atoms with van der Waals surface area (Å²) in [6, 6.07) is 9.06. The van der Waals surface area contributed by atoms with Crippen molar-refractivity contribution in [3.05, 3.63) is 41.5 Å². The highest BCUT2D eigenvalue weighted by molar-refractivity contribution is 5.94. The molecule has 0 unspecified atom stereocenters. The molecule has 0 bridgehead atoms. The number of ether oxygens (including phenoxy) is 7. The fourth-order valence-electron chi connectivity index (χ4n) is 3.48. The molecular weight excluding hydrogens is 444 g/mol. The minimum atomic E-state index is -0.953. The number of benzene rings is 2. The van der Waals surface area contributed by atoms with E-state index in [1.165, 1.54) is 14.2 Å². The van der Waals surface area contributed by atoms with Crippen molar-refractivity contribution in [2.45, 2.75) is 26.1 Å². The van der Waals surface area contributed by atoms with Gasteiger partial charge >= 0.3 is 11.9 Å². The van der Waals surface area contributed by atoms with Crippen molar-refractivity contribution < 1.29 is 42.7 Å². The normalized spacial score (nSPS) is 12.7. The maximum absolute atomic E-state index is 12.2. The number of carbonyl (C=O) groups is 2. The molecule has 34 heavy (non-hydrogen) atoms. The summed E-state index contributed by atoms with van der Waals surface area (Å²) in [4.78, 5) is 24.0. The summed E-state index contributed by atoms with van der Waals surface area (Å²) in [6.45, 7) is 4.25. The molecule has 1 aliphatic rings. The molecule has 0 amide bonds. The fourth-order valence-corrected chi connectivity index (χ4v) is 3.48. The van der Waals surface area contributed by atoms with Crippen LogP contribution in [0.1, 0.15) is 29.8 Å². The molecule has 0 fully saturated rings. The minimum Gasteiger partial charge on any atom is -0.493 e. The average Bonchev–Trinajstić information content (AvgIpc) is 3.19. The van der Waals surface area contributed by atoms with Gasteiger partial charge in [-0.05, 0) is 43.7 Å². The summed E-state index contributed by atoms with van der Waals surface area (Å²) in [5, 5.41) is 0. The standard InChI is InChI=1S/C25H30O9/c1-25(2,34-21(26)14-31-11-10-28-3)15-33-22-18(8-9-20(29-4)23(22)30-5)16-6-7-19-17(12-16)13-32-24(19)27/h6-9,12H,10-11,13-15H2,1-5H3. The van der Waals surface area contributed by atoms with E-state index in [1.807, 2.05) is 18.2 Å². The highest BCUT2D eigenvalue weighted by atomic mass is 16.6. The average molecular weight is 475 g/mol. The Hall–Kier alpha value is -3.30. The zero-order chi connectivity index (χ0) is 24.7. The molecule has 184 valence electrons. The molecular formula is C25H30O9. The third-order valence-electron chi connectivity index (χ3n) is 5.10. The molecule has 0 aromatic heterocycles. The van der Waals surface area contributed by atoms with Crippen LogP contribution in [0.4, 0.5) is 0 Å². The molecule has 0 N–H and O–H groups in total. The summed E-state index contributed by atoms with van der Waals surface area (Å²) in [5.74, 6) is 0.471. The second kappa shape index (κ2) is 11.2. The highest BCUT2D eigenvalue weighted by Crippen LogP contribution is 2.45. The van der Waals surface area contributed by atoms with E-state index in [0.717, 1.165) is 16.7 Å². The molecule has 3 rings (SSSR count). The van der Waals surface area contributed by atoms with Crippen molar-refractivity contribution in [1.82, 2.24) is 0 Å². The molecule has 0 radical (unpaired) electrons. The third-order valence-corrected chi connectivity index (χ3v) is 5.10. The number of cyclic esters (lactones) is 1. The van der Waals surface area contributed by atoms with Crippen molar-refractivity contribution in [1.29, 1.82) is 0 Å². The number of hydrogen-bond donors (Lipinski definition) is 0. The Morgan fingerprint density at radius 1 is 1.00 bits per heavy atom. The van der Waals surface area contributed by atoms with Gasteiger partial charge in [-0.15, -0.1) is 0 Å². The Kier molecular flexibility index (Phi) is 8.36. The summed E-state index contributed by atoms with van der Waals surface area (Å²) < 4.78 is 37.9. The Bertz CT molecular complexity index is 1030. The largest absolute Gasteiger partial charge is 0.493 e. The topological polar surface area (TPSA) is 98.8 Å². The van der Waals surface area contributed by atoms with Crippen LogP contribution in [0.5, 0.6) is 17.2 Å². The zero-order valence-electron chi connectivity index (χ0n) is 20.1. The zero-order valence-corrected chi connectivity index (χ0v) is 20.1. The molecule has 9 heteroatoms. The lowest BCUT2D eigenvalue weighted by Crippen LogP contribution is -2.36. The van der Waals surface area contributed by atoms with Crippen molar-refractivity contribution in [2.75, 3.05) is 47.8 Å². The van der Waals surface area contributed by atoms with Gasteiger partial charge in [0.1, 0.15) is 25.4 Å². The molecule has 0 spiro atoms. The minimum absolute atomic E-state index is 0.0415. The number of fused-ring (bicyclic) bond motifs is 1. The number of methoxy groups -OCH3 is 3. The van der Waals surface area contributed by atoms with Gasteiger partial charge in [0.15, 0.2) is 11.5 Å². The van der Waals surface area contributed by atoms with Crippen LogP contribution in [0.3, 0.4) is 0 Å². The Labute approximate surface area is 198 Å². The van der Waals surface area contributed by atoms with Crippen LogP contribution in [0.2, 0.25) is 0 Å². The van der Waals surface area contributed by atoms with Crippen molar-refractivity contribution in [3.8, 4) is 28.4 Å². The number of esters is 2. The maximum atomic E-state index is 12.2. The second-order valence-corrected chi connectivity index (χ2v) is 8.19. The van der Waals surface area contributed by atoms with E-state index in [9.17, 15) is 9.59 Å². The molecule has 9 nitrogen and oxygen atoms in total. The van der Waals surface area contributed by atoms with Gasteiger partial charge in [0.05, 0.1) is 33.0 Å². The Morgan fingerprint density at radius 3 is 2.47 bits per heavy atom. The number of carbonyl (C=O) groups excluding carboxylic acids is 2. The predicted molar refractivity (Wildman–Crippen MR) is 122 cm³/mol. The summed E-state index contributed by atoms with van der Waals surface area (Å²) in [7, 11) is 4.61. The lowest BCUT2D eigenvalue weighted by Gasteiger charge is -2.27. The smallest absolute Gasteiger partial charge is 0.338 e. The summed E-state index contributed by atoms with van der Waals surface area (Å²) in [6.07, 6.45) is 0. The van der Waals surface area contributed by atoms with Crippen molar-refractivity contribution >= 4 is 11.9 Å². The maximum Gasteiger partial charge on any atom is 0.338 e. The van der Waals surface area contributed by atoms with E-state index in [1.54, 1.807) is 33.1 Å². The van der Waals surface area contributed by atoms with E-state index in [0.29, 0.717) is 36.0 Å². The van der Waals surface area contributed by atoms with Crippen LogP contribution in [-0.2, 0) is 30.3 Å². The molecule has 0 saturated heterocycles. The first-order valence-corrected chi connectivity index (χ1v) is 10.8. The molecule has 2 aromatic rings. The van der Waals surface area contributed by atoms with Crippen molar-refractivity contribution in [2.24, 2.45) is 0 Å². The van der Waals surface area contributed by atoms with Crippen molar-refractivity contribution in [3.63, 3.8) is 0 Å². The number of hydrogen-bond acceptors (Lipinski definition) is 9. The van der Waals surface area contributed by atoms with Crippen LogP contribution in [0.25, 0.3) is 11.1 Å². The first-order valence-electron chi connectivity index (χ1n) is 10.8. The Morgan fingerprint density at radius 2 is 1.76 bits per heavy atom. The van der Waals surface area contributed by atoms with E-state index in [4.69, 9.17) is 33.2 Å². The highest BCUT2D eigenvalue weighted by Gasteiger charge is 2.28. The first-order chi connectivity index (χ1) is 16.3. The van der Waals surface area contributed by atoms with Gasteiger partial charge in [0, 0.05) is 18.2 Å². The molecule has 1 heterocycles. The van der Waals surface area contributed by atoms with Gasteiger partial charge in [0.25, 0.3) is 0 Å². The molecule has 0 aliphatic carbocycles. The lowest BCUT2D eigenvalue weighted by atomic mass is 9.99. The summed E-state index contributed by atoms with van der Waals surface area (Å²) in [5.41, 5.74) is 1.93. The monoisotopic (exact) mass is 474 g/mol. The molecule has 0 saturated carbocycles. The van der Waals surface area contributed by atoms with Gasteiger partial charge in [0.2, 0.25) is 5.75 Å². The third kappa shape index (κ3) is 5.98. The van der Waals surface area contributed by atoms with Gasteiger partial charge in [-0.1, -0.05) is 6.07 Å². The Balaban J connectivity index is 1.82. The van der Waals surface area contributed by atoms with E-state index < -0.39 is 11.6 Å². The quantitative estimate of drug-likeness (QED) is 0.338. The van der Waals surface area contributed by atoms with Gasteiger partial charge < -0.3 is 33.2 Å². The SMILES string of the molecule is COCCOCC(=O)OC(C)(C)COc1c(-c2ccc3c(c2)COC3=O)ccc(OC)c1OC. The van der Waals surface area contributed by atoms with Crippen LogP contribution < -0.4 is 14.2 Å². The van der Waals surface area contributed by atoms with Gasteiger partial charge in [-0.25, -0.2) is 9.59 Å². The van der Waals surface area contributed by atoms with Crippen LogP contribution >= 0.6 is 0 Å². The molecule has 2 aromatic carbocycles. The fraction of sp³-hybridized carbons (Fsp3) is 0.440. The van der Waals surface area contributed by atoms with E-state index in [2.05, 4.69) is 0 Å². The number of rotatable bonds is 12. The predicted octanol–water partition coefficient (Wildman–Crippen LogP) is 3.40. The molecule has 1 aliphatic heterocycles. The molecule has 0 atom stereocenters.